The molecule has 2 unspecified atom stereocenters. The number of nitrogens with zero attached hydrogens (tertiary/aromatic N) is 1. The van der Waals surface area contributed by atoms with Gasteiger partial charge in [-0.25, -0.2) is 13.4 Å². The Labute approximate surface area is 167 Å². The average Bonchev–Trinajstić information content (AvgIpc) is 2.97. The van der Waals surface area contributed by atoms with Crippen molar-refractivity contribution in [2.45, 2.75) is 58.6 Å². The fraction of sp³-hybridized carbons (Fsp3) is 0.545. The first-order valence-electron chi connectivity index (χ1n) is 9.99. The van der Waals surface area contributed by atoms with E-state index in [1.807, 2.05) is 31.2 Å². The number of carbonyl (C=O) groups is 1. The number of Topliss-reactive ketones (excluding diaryl/α,β-unsaturated/α-hetero) is 1. The highest BCUT2D eigenvalue weighted by Gasteiger charge is 2.27. The first-order chi connectivity index (χ1) is 13.2. The number of aromatic nitrogens is 1. The van der Waals surface area contributed by atoms with Gasteiger partial charge in [0.2, 0.25) is 5.89 Å². The van der Waals surface area contributed by atoms with E-state index in [2.05, 4.69) is 11.9 Å². The molecule has 152 valence electrons. The van der Waals surface area contributed by atoms with Gasteiger partial charge in [0, 0.05) is 12.0 Å². The van der Waals surface area contributed by atoms with Crippen LogP contribution in [0.4, 0.5) is 0 Å². The molecule has 1 aliphatic rings. The minimum atomic E-state index is -3.57. The lowest BCUT2D eigenvalue weighted by Crippen LogP contribution is -2.24. The van der Waals surface area contributed by atoms with Crippen molar-refractivity contribution in [1.29, 1.82) is 0 Å². The topological polar surface area (TPSA) is 77.2 Å². The van der Waals surface area contributed by atoms with Crippen LogP contribution in [-0.2, 0) is 20.4 Å². The van der Waals surface area contributed by atoms with Crippen molar-refractivity contribution < 1.29 is 17.6 Å². The van der Waals surface area contributed by atoms with E-state index in [-0.39, 0.29) is 11.5 Å². The van der Waals surface area contributed by atoms with Crippen LogP contribution in [0.3, 0.4) is 0 Å². The van der Waals surface area contributed by atoms with Crippen molar-refractivity contribution in [2.75, 3.05) is 5.75 Å². The predicted octanol–water partition coefficient (Wildman–Crippen LogP) is 4.66. The van der Waals surface area contributed by atoms with Crippen molar-refractivity contribution in [2.24, 2.45) is 11.8 Å². The first kappa shape index (κ1) is 20.8. The number of oxazole rings is 1. The fourth-order valence-electron chi connectivity index (χ4n) is 3.93. The third-order valence-corrected chi connectivity index (χ3v) is 7.18. The maximum Gasteiger partial charge on any atom is 0.226 e. The summed E-state index contributed by atoms with van der Waals surface area (Å²) < 4.78 is 30.8. The summed E-state index contributed by atoms with van der Waals surface area (Å²) in [5.74, 6) is 0.840. The van der Waals surface area contributed by atoms with Crippen molar-refractivity contribution in [3.8, 4) is 11.5 Å². The molecule has 0 aliphatic heterocycles. The maximum absolute atomic E-state index is 12.6. The van der Waals surface area contributed by atoms with Gasteiger partial charge >= 0.3 is 0 Å². The van der Waals surface area contributed by atoms with Gasteiger partial charge in [0.05, 0.1) is 11.4 Å². The highest BCUT2D eigenvalue weighted by Crippen LogP contribution is 2.32. The summed E-state index contributed by atoms with van der Waals surface area (Å²) in [7, 11) is -3.57. The molecule has 1 heterocycles. The number of aryl methyl sites for hydroxylation is 2. The number of benzene rings is 1. The predicted molar refractivity (Wildman–Crippen MR) is 110 cm³/mol. The molecule has 3 rings (SSSR count). The highest BCUT2D eigenvalue weighted by molar-refractivity contribution is 7.91. The Balaban J connectivity index is 1.65. The highest BCUT2D eigenvalue weighted by atomic mass is 32.2. The third kappa shape index (κ3) is 5.31. The summed E-state index contributed by atoms with van der Waals surface area (Å²) in [6.07, 6.45) is 4.86. The molecule has 2 atom stereocenters. The van der Waals surface area contributed by atoms with E-state index < -0.39 is 15.6 Å². The maximum atomic E-state index is 12.6. The quantitative estimate of drug-likeness (QED) is 0.672. The summed E-state index contributed by atoms with van der Waals surface area (Å²) in [6.45, 7) is 5.87. The van der Waals surface area contributed by atoms with Crippen LogP contribution >= 0.6 is 0 Å². The summed E-state index contributed by atoms with van der Waals surface area (Å²) in [5, 5.41) is 0. The van der Waals surface area contributed by atoms with Gasteiger partial charge in [-0.15, -0.1) is 0 Å². The summed E-state index contributed by atoms with van der Waals surface area (Å²) >= 11 is 0. The Morgan fingerprint density at radius 1 is 1.14 bits per heavy atom. The fourth-order valence-corrected chi connectivity index (χ4v) is 5.33. The second kappa shape index (κ2) is 8.60. The molecule has 5 nitrogen and oxygen atoms in total. The van der Waals surface area contributed by atoms with E-state index in [1.54, 1.807) is 6.92 Å². The van der Waals surface area contributed by atoms with Gasteiger partial charge in [0.15, 0.2) is 9.84 Å². The molecule has 2 aromatic rings. The van der Waals surface area contributed by atoms with Crippen LogP contribution in [0.25, 0.3) is 11.5 Å². The lowest BCUT2D eigenvalue weighted by Gasteiger charge is -2.28. The molecule has 6 heteroatoms. The zero-order valence-corrected chi connectivity index (χ0v) is 17.7. The number of ketones is 1. The van der Waals surface area contributed by atoms with Crippen LogP contribution in [0.15, 0.2) is 28.7 Å². The van der Waals surface area contributed by atoms with Gasteiger partial charge in [-0.1, -0.05) is 43.9 Å². The number of hydrogen-bond acceptors (Lipinski definition) is 5. The zero-order valence-electron chi connectivity index (χ0n) is 16.9. The molecular weight excluding hydrogens is 374 g/mol. The van der Waals surface area contributed by atoms with E-state index in [9.17, 15) is 13.2 Å². The van der Waals surface area contributed by atoms with E-state index in [0.29, 0.717) is 35.6 Å². The van der Waals surface area contributed by atoms with Gasteiger partial charge in [0.1, 0.15) is 17.3 Å². The Bertz CT molecular complexity index is 928. The van der Waals surface area contributed by atoms with E-state index in [4.69, 9.17) is 4.42 Å². The molecular formula is C22H29NO4S. The molecule has 1 aromatic carbocycles. The Kier molecular flexibility index (Phi) is 6.38. The minimum absolute atomic E-state index is 0.182. The Morgan fingerprint density at radius 3 is 2.50 bits per heavy atom. The monoisotopic (exact) mass is 403 g/mol. The molecule has 0 radical (unpaired) electrons. The molecule has 0 bridgehead atoms. The lowest BCUT2D eigenvalue weighted by atomic mass is 9.78. The Morgan fingerprint density at radius 2 is 1.82 bits per heavy atom. The molecule has 1 aromatic heterocycles. The van der Waals surface area contributed by atoms with Gasteiger partial charge in [0.25, 0.3) is 0 Å². The second-order valence-corrected chi connectivity index (χ2v) is 10.2. The van der Waals surface area contributed by atoms with Gasteiger partial charge in [-0.3, -0.25) is 4.79 Å². The van der Waals surface area contributed by atoms with E-state index in [0.717, 1.165) is 30.4 Å². The SMILES string of the molecule is Cc1ccc(-c2nc(CS(=O)(=O)CC(=O)CC3CCCCC3C)c(C)o2)cc1. The van der Waals surface area contributed by atoms with Gasteiger partial charge in [-0.2, -0.15) is 0 Å². The van der Waals surface area contributed by atoms with Gasteiger partial charge < -0.3 is 4.42 Å². The van der Waals surface area contributed by atoms with Crippen LogP contribution in [0.1, 0.15) is 56.0 Å². The van der Waals surface area contributed by atoms with Crippen molar-refractivity contribution >= 4 is 15.6 Å². The summed E-state index contributed by atoms with van der Waals surface area (Å²) in [4.78, 5) is 16.8. The first-order valence-corrected chi connectivity index (χ1v) is 11.8. The third-order valence-electron chi connectivity index (χ3n) is 5.71. The Hall–Kier alpha value is -1.95. The number of rotatable bonds is 7. The van der Waals surface area contributed by atoms with E-state index >= 15 is 0 Å². The molecule has 0 saturated heterocycles. The van der Waals surface area contributed by atoms with Crippen LogP contribution < -0.4 is 0 Å². The standard InChI is InChI=1S/C22H29NO4S/c1-15-8-10-18(11-9-15)22-23-21(17(3)27-22)14-28(25,26)13-20(24)12-19-7-5-4-6-16(19)2/h8-11,16,19H,4-7,12-14H2,1-3H3. The van der Waals surface area contributed by atoms with Crippen molar-refractivity contribution in [3.63, 3.8) is 0 Å². The minimum Gasteiger partial charge on any atom is -0.441 e. The second-order valence-electron chi connectivity index (χ2n) is 8.18. The normalized spacial score (nSPS) is 20.2. The average molecular weight is 404 g/mol. The smallest absolute Gasteiger partial charge is 0.226 e. The lowest BCUT2D eigenvalue weighted by molar-refractivity contribution is -0.118. The molecule has 1 aliphatic carbocycles. The molecule has 1 saturated carbocycles. The number of hydrogen-bond donors (Lipinski definition) is 0. The van der Waals surface area contributed by atoms with Gasteiger partial charge in [-0.05, 0) is 44.2 Å². The summed E-state index contributed by atoms with van der Waals surface area (Å²) in [6, 6.07) is 7.70. The molecule has 1 fully saturated rings. The van der Waals surface area contributed by atoms with Crippen LogP contribution in [0.2, 0.25) is 0 Å². The zero-order chi connectivity index (χ0) is 20.3. The molecule has 28 heavy (non-hydrogen) atoms. The molecule has 0 spiro atoms. The van der Waals surface area contributed by atoms with Crippen molar-refractivity contribution in [1.82, 2.24) is 4.98 Å². The largest absolute Gasteiger partial charge is 0.441 e. The molecule has 0 N–H and O–H groups in total. The van der Waals surface area contributed by atoms with Crippen LogP contribution in [0, 0.1) is 25.7 Å². The number of carbonyl (C=O) groups excluding carboxylic acids is 1. The number of sulfone groups is 1. The van der Waals surface area contributed by atoms with E-state index in [1.165, 1.54) is 6.42 Å². The van der Waals surface area contributed by atoms with Crippen LogP contribution in [0.5, 0.6) is 0 Å². The summed E-state index contributed by atoms with van der Waals surface area (Å²) in [5.41, 5.74) is 2.31. The van der Waals surface area contributed by atoms with Crippen LogP contribution in [-0.4, -0.2) is 24.9 Å². The molecule has 0 amide bonds. The van der Waals surface area contributed by atoms with Crippen molar-refractivity contribution in [3.05, 3.63) is 41.3 Å².